The van der Waals surface area contributed by atoms with Crippen molar-refractivity contribution < 1.29 is 9.90 Å². The van der Waals surface area contributed by atoms with Crippen molar-refractivity contribution >= 4 is 5.78 Å². The number of phenols is 1. The fraction of sp³-hybridized carbons (Fsp3) is 0.0556. The Hall–Kier alpha value is -3.21. The zero-order valence-electron chi connectivity index (χ0n) is 12.4. The molecule has 0 unspecified atom stereocenters. The molecule has 5 heteroatoms. The lowest BCUT2D eigenvalue weighted by Gasteiger charge is -2.09. The number of aryl methyl sites for hydroxylation is 1. The van der Waals surface area contributed by atoms with Crippen LogP contribution in [0.2, 0.25) is 0 Å². The van der Waals surface area contributed by atoms with Gasteiger partial charge >= 0.3 is 5.69 Å². The highest BCUT2D eigenvalue weighted by atomic mass is 16.3. The third-order valence-corrected chi connectivity index (χ3v) is 3.52. The summed E-state index contributed by atoms with van der Waals surface area (Å²) in [6, 6.07) is 13.9. The molecule has 0 aliphatic rings. The summed E-state index contributed by atoms with van der Waals surface area (Å²) < 4.78 is 0. The lowest BCUT2D eigenvalue weighted by atomic mass is 9.98. The lowest BCUT2D eigenvalue weighted by molar-refractivity contribution is 0.103. The summed E-state index contributed by atoms with van der Waals surface area (Å²) in [5, 5.41) is 10.0. The van der Waals surface area contributed by atoms with Gasteiger partial charge in [-0.3, -0.25) is 4.79 Å². The Bertz CT molecular complexity index is 930. The topological polar surface area (TPSA) is 83.0 Å². The molecule has 0 atom stereocenters. The van der Waals surface area contributed by atoms with E-state index in [0.717, 1.165) is 5.56 Å². The maximum absolute atomic E-state index is 12.8. The maximum atomic E-state index is 12.8. The molecule has 2 aromatic carbocycles. The van der Waals surface area contributed by atoms with Crippen LogP contribution in [0.25, 0.3) is 11.3 Å². The van der Waals surface area contributed by atoms with E-state index >= 15 is 0 Å². The molecular formula is C18H14N2O3. The molecule has 5 nitrogen and oxygen atoms in total. The van der Waals surface area contributed by atoms with Crippen LogP contribution in [0.15, 0.2) is 59.5 Å². The van der Waals surface area contributed by atoms with E-state index in [1.807, 2.05) is 25.1 Å². The first-order valence-electron chi connectivity index (χ1n) is 7.05. The number of nitrogens with zero attached hydrogens (tertiary/aromatic N) is 1. The average Bonchev–Trinajstić information content (AvgIpc) is 2.55. The zero-order chi connectivity index (χ0) is 16.4. The fourth-order valence-corrected chi connectivity index (χ4v) is 2.38. The van der Waals surface area contributed by atoms with E-state index in [9.17, 15) is 14.7 Å². The number of carbonyl (C=O) groups excluding carboxylic acids is 1. The van der Waals surface area contributed by atoms with Crippen molar-refractivity contribution in [2.45, 2.75) is 6.92 Å². The summed E-state index contributed by atoms with van der Waals surface area (Å²) in [6.45, 7) is 1.82. The first-order valence-corrected chi connectivity index (χ1v) is 7.05. The second kappa shape index (κ2) is 5.88. The first-order chi connectivity index (χ1) is 11.1. The van der Waals surface area contributed by atoms with Gasteiger partial charge in [0, 0.05) is 6.20 Å². The van der Waals surface area contributed by atoms with Gasteiger partial charge in [0.2, 0.25) is 0 Å². The van der Waals surface area contributed by atoms with Crippen LogP contribution in [0.4, 0.5) is 0 Å². The summed E-state index contributed by atoms with van der Waals surface area (Å²) in [4.78, 5) is 30.6. The molecule has 0 fully saturated rings. The monoisotopic (exact) mass is 306 g/mol. The van der Waals surface area contributed by atoms with Crippen molar-refractivity contribution in [3.8, 4) is 17.0 Å². The number of H-pyrrole nitrogens is 1. The number of rotatable bonds is 3. The van der Waals surface area contributed by atoms with Crippen LogP contribution in [0, 0.1) is 6.92 Å². The smallest absolute Gasteiger partial charge is 0.345 e. The van der Waals surface area contributed by atoms with Crippen molar-refractivity contribution in [3.05, 3.63) is 81.9 Å². The predicted molar refractivity (Wildman–Crippen MR) is 86.6 cm³/mol. The highest BCUT2D eigenvalue weighted by Crippen LogP contribution is 2.26. The number of aromatic amines is 1. The summed E-state index contributed by atoms with van der Waals surface area (Å²) in [7, 11) is 0. The maximum Gasteiger partial charge on any atom is 0.345 e. The van der Waals surface area contributed by atoms with Crippen molar-refractivity contribution in [3.63, 3.8) is 0 Å². The summed E-state index contributed by atoms with van der Waals surface area (Å²) in [5.74, 6) is -0.495. The van der Waals surface area contributed by atoms with E-state index < -0.39 is 11.5 Å². The quantitative estimate of drug-likeness (QED) is 0.729. The minimum absolute atomic E-state index is 0.0970. The second-order valence-electron chi connectivity index (χ2n) is 5.19. The van der Waals surface area contributed by atoms with Gasteiger partial charge in [0.1, 0.15) is 5.75 Å². The van der Waals surface area contributed by atoms with Gasteiger partial charge in [-0.2, -0.15) is 0 Å². The average molecular weight is 306 g/mol. The van der Waals surface area contributed by atoms with Crippen LogP contribution in [-0.2, 0) is 0 Å². The highest BCUT2D eigenvalue weighted by Gasteiger charge is 2.19. The van der Waals surface area contributed by atoms with Crippen molar-refractivity contribution in [2.24, 2.45) is 0 Å². The summed E-state index contributed by atoms with van der Waals surface area (Å²) >= 11 is 0. The van der Waals surface area contributed by atoms with E-state index in [4.69, 9.17) is 0 Å². The number of hydrogen-bond acceptors (Lipinski definition) is 4. The van der Waals surface area contributed by atoms with Crippen LogP contribution in [-0.4, -0.2) is 20.9 Å². The van der Waals surface area contributed by atoms with Gasteiger partial charge < -0.3 is 10.1 Å². The molecule has 0 aliphatic heterocycles. The Morgan fingerprint density at radius 1 is 1.09 bits per heavy atom. The van der Waals surface area contributed by atoms with Gasteiger partial charge in [-0.05, 0) is 30.2 Å². The van der Waals surface area contributed by atoms with Crippen LogP contribution < -0.4 is 5.69 Å². The van der Waals surface area contributed by atoms with E-state index in [1.165, 1.54) is 12.3 Å². The van der Waals surface area contributed by atoms with Gasteiger partial charge in [0.05, 0.1) is 16.8 Å². The standard InChI is InChI=1S/C18H14N2O3/c1-11-7-8-13(15(21)9-11)17(22)14-10-19-18(23)20-16(14)12-5-3-2-4-6-12/h2-10,21H,1H3,(H,19,20,23). The minimum atomic E-state index is -0.534. The molecule has 0 amide bonds. The minimum Gasteiger partial charge on any atom is -0.507 e. The fourth-order valence-electron chi connectivity index (χ4n) is 2.38. The Morgan fingerprint density at radius 3 is 2.52 bits per heavy atom. The Kier molecular flexibility index (Phi) is 3.76. The normalized spacial score (nSPS) is 10.5. The largest absolute Gasteiger partial charge is 0.507 e. The Balaban J connectivity index is 2.17. The van der Waals surface area contributed by atoms with Crippen LogP contribution in [0.3, 0.4) is 0 Å². The molecule has 0 bridgehead atoms. The first kappa shape index (κ1) is 14.7. The molecule has 0 aliphatic carbocycles. The molecular weight excluding hydrogens is 292 g/mol. The third kappa shape index (κ3) is 2.89. The van der Waals surface area contributed by atoms with Gasteiger partial charge in [-0.15, -0.1) is 0 Å². The van der Waals surface area contributed by atoms with Crippen molar-refractivity contribution in [1.29, 1.82) is 0 Å². The SMILES string of the molecule is Cc1ccc(C(=O)c2cnc(=O)[nH]c2-c2ccccc2)c(O)c1. The van der Waals surface area contributed by atoms with Gasteiger partial charge in [0.25, 0.3) is 0 Å². The molecule has 0 saturated carbocycles. The molecule has 0 radical (unpaired) electrons. The van der Waals surface area contributed by atoms with Crippen molar-refractivity contribution in [2.75, 3.05) is 0 Å². The number of aromatic nitrogens is 2. The van der Waals surface area contributed by atoms with Gasteiger partial charge in [-0.1, -0.05) is 36.4 Å². The van der Waals surface area contributed by atoms with E-state index in [-0.39, 0.29) is 16.9 Å². The highest BCUT2D eigenvalue weighted by molar-refractivity contribution is 6.13. The number of benzene rings is 2. The number of nitrogens with one attached hydrogen (secondary N) is 1. The molecule has 3 rings (SSSR count). The number of carbonyl (C=O) groups is 1. The number of ketones is 1. The molecule has 2 N–H and O–H groups in total. The number of aromatic hydroxyl groups is 1. The predicted octanol–water partition coefficient (Wildman–Crippen LogP) is 2.68. The molecule has 3 aromatic rings. The van der Waals surface area contributed by atoms with E-state index in [2.05, 4.69) is 9.97 Å². The third-order valence-electron chi connectivity index (χ3n) is 3.52. The van der Waals surface area contributed by atoms with E-state index in [0.29, 0.717) is 11.3 Å². The Labute approximate surface area is 132 Å². The number of hydrogen-bond donors (Lipinski definition) is 2. The second-order valence-corrected chi connectivity index (χ2v) is 5.19. The van der Waals surface area contributed by atoms with E-state index in [1.54, 1.807) is 24.3 Å². The Morgan fingerprint density at radius 2 is 1.83 bits per heavy atom. The summed E-state index contributed by atoms with van der Waals surface area (Å²) in [5.41, 5.74) is 1.80. The van der Waals surface area contributed by atoms with Crippen molar-refractivity contribution in [1.82, 2.24) is 9.97 Å². The zero-order valence-corrected chi connectivity index (χ0v) is 12.4. The van der Waals surface area contributed by atoms with Gasteiger partial charge in [0.15, 0.2) is 5.78 Å². The molecule has 0 saturated heterocycles. The molecule has 23 heavy (non-hydrogen) atoms. The summed E-state index contributed by atoms with van der Waals surface area (Å²) in [6.07, 6.45) is 1.24. The molecule has 114 valence electrons. The lowest BCUT2D eigenvalue weighted by Crippen LogP contribution is -2.15. The number of phenolic OH excluding ortho intramolecular Hbond substituents is 1. The van der Waals surface area contributed by atoms with Crippen LogP contribution in [0.5, 0.6) is 5.75 Å². The molecule has 1 heterocycles. The molecule has 1 aromatic heterocycles. The van der Waals surface area contributed by atoms with Gasteiger partial charge in [-0.25, -0.2) is 9.78 Å². The molecule has 0 spiro atoms. The van der Waals surface area contributed by atoms with Crippen LogP contribution >= 0.6 is 0 Å². The van der Waals surface area contributed by atoms with Crippen LogP contribution in [0.1, 0.15) is 21.5 Å².